The van der Waals surface area contributed by atoms with Crippen molar-refractivity contribution in [2.24, 2.45) is 5.10 Å². The normalized spacial score (nSPS) is 11.0. The summed E-state index contributed by atoms with van der Waals surface area (Å²) in [4.78, 5) is 23.5. The average Bonchev–Trinajstić information content (AvgIpc) is 2.58. The monoisotopic (exact) mass is 391 g/mol. The minimum atomic E-state index is -0.529. The van der Waals surface area contributed by atoms with Gasteiger partial charge in [-0.1, -0.05) is 34.1 Å². The number of hydrazone groups is 1. The fourth-order valence-corrected chi connectivity index (χ4v) is 2.10. The SMILES string of the molecule is C/C(=N/NC(=O)CNC(=O)c1cccc(F)c1)c1ccc(Br)cc1. The lowest BCUT2D eigenvalue weighted by Gasteiger charge is -2.05. The van der Waals surface area contributed by atoms with E-state index in [2.05, 4.69) is 31.8 Å². The lowest BCUT2D eigenvalue weighted by Crippen LogP contribution is -2.35. The van der Waals surface area contributed by atoms with Crippen LogP contribution >= 0.6 is 15.9 Å². The van der Waals surface area contributed by atoms with Crippen LogP contribution in [0.2, 0.25) is 0 Å². The fourth-order valence-electron chi connectivity index (χ4n) is 1.83. The summed E-state index contributed by atoms with van der Waals surface area (Å²) in [5.41, 5.74) is 4.01. The van der Waals surface area contributed by atoms with Gasteiger partial charge in [-0.05, 0) is 42.8 Å². The van der Waals surface area contributed by atoms with Gasteiger partial charge in [0, 0.05) is 10.0 Å². The zero-order chi connectivity index (χ0) is 17.5. The zero-order valence-electron chi connectivity index (χ0n) is 12.8. The van der Waals surface area contributed by atoms with Crippen molar-refractivity contribution in [3.63, 3.8) is 0 Å². The molecule has 0 unspecified atom stereocenters. The number of hydrogen-bond donors (Lipinski definition) is 2. The molecule has 0 heterocycles. The number of hydrogen-bond acceptors (Lipinski definition) is 3. The van der Waals surface area contributed by atoms with Gasteiger partial charge in [0.25, 0.3) is 11.8 Å². The molecule has 2 N–H and O–H groups in total. The number of amides is 2. The Bertz CT molecular complexity index is 776. The topological polar surface area (TPSA) is 70.6 Å². The fraction of sp³-hybridized carbons (Fsp3) is 0.118. The Morgan fingerprint density at radius 1 is 1.12 bits per heavy atom. The van der Waals surface area contributed by atoms with Crippen LogP contribution < -0.4 is 10.7 Å². The number of benzene rings is 2. The van der Waals surface area contributed by atoms with Crippen LogP contribution in [0.3, 0.4) is 0 Å². The van der Waals surface area contributed by atoms with E-state index < -0.39 is 17.6 Å². The molecule has 0 aliphatic rings. The second kappa shape index (κ2) is 8.35. The van der Waals surface area contributed by atoms with Crippen molar-refractivity contribution in [2.75, 3.05) is 6.54 Å². The Morgan fingerprint density at radius 3 is 2.50 bits per heavy atom. The Hall–Kier alpha value is -2.54. The quantitative estimate of drug-likeness (QED) is 0.607. The van der Waals surface area contributed by atoms with Crippen LogP contribution in [0.25, 0.3) is 0 Å². The largest absolute Gasteiger partial charge is 0.343 e. The summed E-state index contributed by atoms with van der Waals surface area (Å²) in [6.45, 7) is 1.50. The van der Waals surface area contributed by atoms with Gasteiger partial charge in [0.1, 0.15) is 5.82 Å². The van der Waals surface area contributed by atoms with Crippen molar-refractivity contribution in [3.8, 4) is 0 Å². The van der Waals surface area contributed by atoms with E-state index in [1.165, 1.54) is 18.2 Å². The summed E-state index contributed by atoms with van der Waals surface area (Å²) in [5, 5.41) is 6.38. The first-order chi connectivity index (χ1) is 11.5. The highest BCUT2D eigenvalue weighted by Gasteiger charge is 2.08. The van der Waals surface area contributed by atoms with Gasteiger partial charge in [0.05, 0.1) is 12.3 Å². The van der Waals surface area contributed by atoms with Gasteiger partial charge in [-0.3, -0.25) is 9.59 Å². The van der Waals surface area contributed by atoms with Gasteiger partial charge in [-0.15, -0.1) is 0 Å². The molecule has 0 bridgehead atoms. The van der Waals surface area contributed by atoms with Crippen LogP contribution in [0.4, 0.5) is 4.39 Å². The molecule has 7 heteroatoms. The summed E-state index contributed by atoms with van der Waals surface area (Å²) >= 11 is 3.34. The van der Waals surface area contributed by atoms with E-state index in [-0.39, 0.29) is 12.1 Å². The molecule has 0 saturated heterocycles. The maximum atomic E-state index is 13.0. The Kier molecular flexibility index (Phi) is 6.20. The Labute approximate surface area is 147 Å². The van der Waals surface area contributed by atoms with E-state index in [4.69, 9.17) is 0 Å². The highest BCUT2D eigenvalue weighted by atomic mass is 79.9. The van der Waals surface area contributed by atoms with E-state index in [1.807, 2.05) is 24.3 Å². The maximum Gasteiger partial charge on any atom is 0.259 e. The van der Waals surface area contributed by atoms with Crippen molar-refractivity contribution in [3.05, 3.63) is 69.9 Å². The van der Waals surface area contributed by atoms with E-state index >= 15 is 0 Å². The lowest BCUT2D eigenvalue weighted by molar-refractivity contribution is -0.120. The molecule has 2 aromatic carbocycles. The van der Waals surface area contributed by atoms with Crippen LogP contribution in [-0.4, -0.2) is 24.1 Å². The first-order valence-electron chi connectivity index (χ1n) is 7.08. The van der Waals surface area contributed by atoms with Gasteiger partial charge >= 0.3 is 0 Å². The summed E-state index contributed by atoms with van der Waals surface area (Å²) in [6.07, 6.45) is 0. The lowest BCUT2D eigenvalue weighted by atomic mass is 10.1. The third-order valence-corrected chi connectivity index (χ3v) is 3.64. The highest BCUT2D eigenvalue weighted by Crippen LogP contribution is 2.11. The second-order valence-electron chi connectivity index (χ2n) is 4.93. The maximum absolute atomic E-state index is 13.0. The highest BCUT2D eigenvalue weighted by molar-refractivity contribution is 9.10. The van der Waals surface area contributed by atoms with Crippen molar-refractivity contribution >= 4 is 33.5 Å². The summed E-state index contributed by atoms with van der Waals surface area (Å²) in [5.74, 6) is -1.52. The smallest absolute Gasteiger partial charge is 0.259 e. The number of halogens is 2. The number of rotatable bonds is 5. The van der Waals surface area contributed by atoms with Crippen molar-refractivity contribution in [1.82, 2.24) is 10.7 Å². The number of carbonyl (C=O) groups is 2. The number of nitrogens with one attached hydrogen (secondary N) is 2. The predicted octanol–water partition coefficient (Wildman–Crippen LogP) is 2.86. The van der Waals surface area contributed by atoms with Gasteiger partial charge in [0.15, 0.2) is 0 Å². The summed E-state index contributed by atoms with van der Waals surface area (Å²) in [7, 11) is 0. The van der Waals surface area contributed by atoms with Crippen LogP contribution in [0.1, 0.15) is 22.8 Å². The van der Waals surface area contributed by atoms with E-state index in [0.29, 0.717) is 5.71 Å². The zero-order valence-corrected chi connectivity index (χ0v) is 14.4. The van der Waals surface area contributed by atoms with Gasteiger partial charge in [-0.2, -0.15) is 5.10 Å². The standard InChI is InChI=1S/C17H15BrFN3O2/c1-11(12-5-7-14(18)8-6-12)21-22-16(23)10-20-17(24)13-3-2-4-15(19)9-13/h2-9H,10H2,1H3,(H,20,24)(H,22,23)/b21-11-. The molecular formula is C17H15BrFN3O2. The molecule has 2 rings (SSSR count). The first-order valence-corrected chi connectivity index (χ1v) is 7.88. The molecule has 0 aliphatic heterocycles. The molecule has 0 saturated carbocycles. The average molecular weight is 392 g/mol. The van der Waals surface area contributed by atoms with Crippen LogP contribution in [0.15, 0.2) is 58.1 Å². The van der Waals surface area contributed by atoms with Crippen molar-refractivity contribution in [1.29, 1.82) is 0 Å². The minimum Gasteiger partial charge on any atom is -0.343 e. The molecule has 0 aromatic heterocycles. The van der Waals surface area contributed by atoms with E-state index in [9.17, 15) is 14.0 Å². The summed E-state index contributed by atoms with van der Waals surface area (Å²) < 4.78 is 14.0. The van der Waals surface area contributed by atoms with Gasteiger partial charge in [0.2, 0.25) is 0 Å². The van der Waals surface area contributed by atoms with Gasteiger partial charge < -0.3 is 5.32 Å². The van der Waals surface area contributed by atoms with Crippen LogP contribution in [-0.2, 0) is 4.79 Å². The minimum absolute atomic E-state index is 0.150. The number of nitrogens with zero attached hydrogens (tertiary/aromatic N) is 1. The molecule has 0 atom stereocenters. The predicted molar refractivity (Wildman–Crippen MR) is 93.2 cm³/mol. The molecule has 0 aliphatic carbocycles. The van der Waals surface area contributed by atoms with E-state index in [0.717, 1.165) is 16.1 Å². The molecular weight excluding hydrogens is 377 g/mol. The number of carbonyl (C=O) groups excluding carboxylic acids is 2. The molecule has 0 radical (unpaired) electrons. The third kappa shape index (κ3) is 5.27. The molecule has 5 nitrogen and oxygen atoms in total. The van der Waals surface area contributed by atoms with Gasteiger partial charge in [-0.25, -0.2) is 9.82 Å². The molecule has 2 amide bonds. The van der Waals surface area contributed by atoms with Crippen molar-refractivity contribution < 1.29 is 14.0 Å². The molecule has 24 heavy (non-hydrogen) atoms. The van der Waals surface area contributed by atoms with Crippen LogP contribution in [0, 0.1) is 5.82 Å². The Morgan fingerprint density at radius 2 is 1.83 bits per heavy atom. The third-order valence-electron chi connectivity index (χ3n) is 3.11. The summed E-state index contributed by atoms with van der Waals surface area (Å²) in [6, 6.07) is 12.7. The molecule has 0 fully saturated rings. The molecule has 124 valence electrons. The molecule has 0 spiro atoms. The Balaban J connectivity index is 1.86. The molecule has 2 aromatic rings. The van der Waals surface area contributed by atoms with Crippen LogP contribution in [0.5, 0.6) is 0 Å². The van der Waals surface area contributed by atoms with E-state index in [1.54, 1.807) is 6.92 Å². The second-order valence-corrected chi connectivity index (χ2v) is 5.85. The first kappa shape index (κ1) is 17.8. The van der Waals surface area contributed by atoms with Crippen molar-refractivity contribution in [2.45, 2.75) is 6.92 Å².